The number of nitrogens with zero attached hydrogens (tertiary/aromatic N) is 2. The highest BCUT2D eigenvalue weighted by Gasteiger charge is 2.11. The van der Waals surface area contributed by atoms with Crippen LogP contribution >= 0.6 is 11.9 Å². The van der Waals surface area contributed by atoms with Crippen LogP contribution in [0, 0.1) is 0 Å². The standard InChI is InChI=1S/C4H6N2S/c1-2-4-5-3-6-7-4/h3H,2H2,1H3/q+1. The highest BCUT2D eigenvalue weighted by atomic mass is 32.2. The zero-order chi connectivity index (χ0) is 5.11. The van der Waals surface area contributed by atoms with Gasteiger partial charge in [-0.1, -0.05) is 6.92 Å². The van der Waals surface area contributed by atoms with E-state index in [1.807, 2.05) is 0 Å². The van der Waals surface area contributed by atoms with Crippen molar-refractivity contribution in [3.63, 3.8) is 0 Å². The molecule has 1 aliphatic heterocycles. The van der Waals surface area contributed by atoms with E-state index in [2.05, 4.69) is 16.3 Å². The molecule has 0 saturated heterocycles. The minimum Gasteiger partial charge on any atom is -0.0569 e. The summed E-state index contributed by atoms with van der Waals surface area (Å²) in [6.45, 7) is 2.07. The number of aliphatic imine (C=N–C) groups is 1. The van der Waals surface area contributed by atoms with Gasteiger partial charge in [0, 0.05) is 10.8 Å². The van der Waals surface area contributed by atoms with E-state index in [1.54, 1.807) is 6.34 Å². The third-order valence-electron chi connectivity index (χ3n) is 0.709. The van der Waals surface area contributed by atoms with Crippen LogP contribution in [0.2, 0.25) is 0 Å². The molecule has 0 N–H and O–H groups in total. The molecule has 0 atom stereocenters. The fourth-order valence-corrected chi connectivity index (χ4v) is 0.791. The quantitative estimate of drug-likeness (QED) is 0.463. The van der Waals surface area contributed by atoms with Crippen molar-refractivity contribution < 1.29 is 0 Å². The topological polar surface area (TPSA) is 26.5 Å². The van der Waals surface area contributed by atoms with Gasteiger partial charge in [-0.2, -0.15) is 0 Å². The van der Waals surface area contributed by atoms with Crippen molar-refractivity contribution in [3.05, 3.63) is 0 Å². The lowest BCUT2D eigenvalue weighted by molar-refractivity contribution is 1.32. The summed E-state index contributed by atoms with van der Waals surface area (Å²) in [5.74, 6) is 0. The smallest absolute Gasteiger partial charge is 0.0569 e. The van der Waals surface area contributed by atoms with Crippen molar-refractivity contribution >= 4 is 23.3 Å². The van der Waals surface area contributed by atoms with Crippen molar-refractivity contribution in [1.82, 2.24) is 4.40 Å². The molecule has 7 heavy (non-hydrogen) atoms. The van der Waals surface area contributed by atoms with Gasteiger partial charge in [-0.15, -0.1) is 0 Å². The van der Waals surface area contributed by atoms with Crippen LogP contribution < -0.4 is 4.40 Å². The van der Waals surface area contributed by atoms with Gasteiger partial charge < -0.3 is 0 Å². The Morgan fingerprint density at radius 1 is 2.00 bits per heavy atom. The molecule has 0 unspecified atom stereocenters. The summed E-state index contributed by atoms with van der Waals surface area (Å²) in [7, 11) is 0. The first-order valence-corrected chi connectivity index (χ1v) is 2.96. The average molecular weight is 114 g/mol. The number of rotatable bonds is 1. The molecule has 2 nitrogen and oxygen atoms in total. The van der Waals surface area contributed by atoms with Crippen molar-refractivity contribution in [2.24, 2.45) is 4.99 Å². The molecule has 1 radical (unpaired) electrons. The Morgan fingerprint density at radius 2 is 2.86 bits per heavy atom. The second-order valence-electron chi connectivity index (χ2n) is 1.19. The van der Waals surface area contributed by atoms with Gasteiger partial charge in [0.2, 0.25) is 5.04 Å². The summed E-state index contributed by atoms with van der Waals surface area (Å²) >= 11 is 1.46. The molecule has 0 spiro atoms. The van der Waals surface area contributed by atoms with E-state index in [1.165, 1.54) is 11.9 Å². The minimum absolute atomic E-state index is 1.00. The Labute approximate surface area is 46.9 Å². The summed E-state index contributed by atoms with van der Waals surface area (Å²) in [6, 6.07) is 0. The van der Waals surface area contributed by atoms with Crippen LogP contribution in [0.4, 0.5) is 0 Å². The third kappa shape index (κ3) is 1.03. The summed E-state index contributed by atoms with van der Waals surface area (Å²) in [5, 5.41) is 1.11. The Bertz CT molecular complexity index is 117. The first-order chi connectivity index (χ1) is 3.43. The molecule has 0 aromatic carbocycles. The molecule has 0 aliphatic carbocycles. The van der Waals surface area contributed by atoms with E-state index in [0.29, 0.717) is 0 Å². The summed E-state index contributed by atoms with van der Waals surface area (Å²) < 4.78 is 3.82. The number of hydrogen-bond acceptors (Lipinski definition) is 3. The van der Waals surface area contributed by atoms with E-state index in [9.17, 15) is 0 Å². The zero-order valence-electron chi connectivity index (χ0n) is 4.09. The fraction of sp³-hybridized carbons (Fsp3) is 0.500. The molecule has 37 valence electrons. The molecule has 0 saturated carbocycles. The lowest BCUT2D eigenvalue weighted by Crippen LogP contribution is -1.81. The van der Waals surface area contributed by atoms with E-state index in [4.69, 9.17) is 0 Å². The van der Waals surface area contributed by atoms with Crippen LogP contribution in [-0.2, 0) is 0 Å². The van der Waals surface area contributed by atoms with Gasteiger partial charge >= 0.3 is 6.34 Å². The first kappa shape index (κ1) is 4.84. The minimum atomic E-state index is 1.00. The second-order valence-corrected chi connectivity index (χ2v) is 2.05. The van der Waals surface area contributed by atoms with Gasteiger partial charge in [0.05, 0.1) is 0 Å². The van der Waals surface area contributed by atoms with E-state index >= 15 is 0 Å². The van der Waals surface area contributed by atoms with Gasteiger partial charge in [-0.05, 0) is 4.99 Å². The van der Waals surface area contributed by atoms with Crippen LogP contribution in [0.15, 0.2) is 4.99 Å². The van der Waals surface area contributed by atoms with Crippen LogP contribution in [-0.4, -0.2) is 11.4 Å². The molecule has 0 fully saturated rings. The molecule has 3 heteroatoms. The normalized spacial score (nSPS) is 17.6. The highest BCUT2D eigenvalue weighted by Crippen LogP contribution is 2.04. The van der Waals surface area contributed by atoms with Crippen LogP contribution in [0.1, 0.15) is 13.3 Å². The zero-order valence-corrected chi connectivity index (χ0v) is 4.90. The molecule has 1 heterocycles. The van der Waals surface area contributed by atoms with E-state index in [-0.39, 0.29) is 0 Å². The van der Waals surface area contributed by atoms with E-state index < -0.39 is 0 Å². The SMILES string of the molecule is CCC1=NC=[N+]S1. The lowest BCUT2D eigenvalue weighted by atomic mass is 10.5. The maximum absolute atomic E-state index is 3.94. The molecule has 1 aliphatic rings. The Balaban J connectivity index is 2.45. The van der Waals surface area contributed by atoms with Crippen molar-refractivity contribution in [3.8, 4) is 0 Å². The maximum atomic E-state index is 3.94. The van der Waals surface area contributed by atoms with Gasteiger partial charge in [0.15, 0.2) is 11.9 Å². The van der Waals surface area contributed by atoms with Gasteiger partial charge in [0.25, 0.3) is 0 Å². The lowest BCUT2D eigenvalue weighted by Gasteiger charge is -1.71. The summed E-state index contributed by atoms with van der Waals surface area (Å²) in [4.78, 5) is 3.94. The Hall–Kier alpha value is -0.310. The molecular weight excluding hydrogens is 108 g/mol. The molecule has 0 aromatic heterocycles. The first-order valence-electron chi connectivity index (χ1n) is 2.19. The molecular formula is C4H6N2S+. The highest BCUT2D eigenvalue weighted by molar-refractivity contribution is 8.12. The maximum Gasteiger partial charge on any atom is 0.337 e. The van der Waals surface area contributed by atoms with Crippen LogP contribution in [0.25, 0.3) is 0 Å². The van der Waals surface area contributed by atoms with Gasteiger partial charge in [-0.3, -0.25) is 0 Å². The second kappa shape index (κ2) is 2.12. The van der Waals surface area contributed by atoms with Gasteiger partial charge in [-0.25, -0.2) is 0 Å². The summed E-state index contributed by atoms with van der Waals surface area (Å²) in [5.41, 5.74) is 0. The summed E-state index contributed by atoms with van der Waals surface area (Å²) in [6.07, 6.45) is 2.59. The average Bonchev–Trinajstić information content (AvgIpc) is 2.14. The predicted molar refractivity (Wildman–Crippen MR) is 33.5 cm³/mol. The van der Waals surface area contributed by atoms with E-state index in [0.717, 1.165) is 11.5 Å². The Morgan fingerprint density at radius 3 is 3.14 bits per heavy atom. The number of hydrogen-bond donors (Lipinski definition) is 0. The monoisotopic (exact) mass is 114 g/mol. The van der Waals surface area contributed by atoms with Crippen molar-refractivity contribution in [1.29, 1.82) is 0 Å². The largest absolute Gasteiger partial charge is 0.337 e. The molecule has 0 amide bonds. The third-order valence-corrected chi connectivity index (χ3v) is 1.51. The predicted octanol–water partition coefficient (Wildman–Crippen LogP) is 0.821. The van der Waals surface area contributed by atoms with Crippen LogP contribution in [0.5, 0.6) is 0 Å². The van der Waals surface area contributed by atoms with Crippen molar-refractivity contribution in [2.75, 3.05) is 0 Å². The van der Waals surface area contributed by atoms with Crippen LogP contribution in [0.3, 0.4) is 0 Å². The van der Waals surface area contributed by atoms with Crippen molar-refractivity contribution in [2.45, 2.75) is 13.3 Å². The Kier molecular flexibility index (Phi) is 1.46. The van der Waals surface area contributed by atoms with Gasteiger partial charge in [0.1, 0.15) is 0 Å². The molecule has 1 rings (SSSR count). The fourth-order valence-electron chi connectivity index (χ4n) is 0.352. The molecule has 0 bridgehead atoms. The molecule has 0 aromatic rings.